The average molecular weight is 450 g/mol. The van der Waals surface area contributed by atoms with Gasteiger partial charge < -0.3 is 10.1 Å². The molecule has 32 heavy (non-hydrogen) atoms. The van der Waals surface area contributed by atoms with Crippen LogP contribution in [-0.4, -0.2) is 23.4 Å². The average Bonchev–Trinajstić information content (AvgIpc) is 3.21. The van der Waals surface area contributed by atoms with Crippen LogP contribution in [0, 0.1) is 0 Å². The number of thiazole rings is 1. The van der Waals surface area contributed by atoms with Crippen LogP contribution in [0.25, 0.3) is 11.3 Å². The van der Waals surface area contributed by atoms with Gasteiger partial charge in [-0.2, -0.15) is 0 Å². The van der Waals surface area contributed by atoms with Crippen LogP contribution in [0.2, 0.25) is 0 Å². The number of nitrogens with zero attached hydrogens (tertiary/aromatic N) is 1. The van der Waals surface area contributed by atoms with E-state index in [0.29, 0.717) is 17.3 Å². The number of amides is 2. The molecular formula is C25H27N3O3S. The molecule has 7 heteroatoms. The monoisotopic (exact) mass is 449 g/mol. The highest BCUT2D eigenvalue weighted by atomic mass is 32.1. The number of hydrogen-bond donors (Lipinski definition) is 2. The van der Waals surface area contributed by atoms with E-state index < -0.39 is 0 Å². The number of carbonyl (C=O) groups excluding carboxylic acids is 2. The SMILES string of the molecule is CC(=O)NC1CCOc2ccc(-c3csc(NC(=O)c4ccc(C(C)(C)C)cc4)n3)cc21. The zero-order valence-electron chi connectivity index (χ0n) is 18.7. The molecule has 0 radical (unpaired) electrons. The van der Waals surface area contributed by atoms with Gasteiger partial charge in [-0.3, -0.25) is 14.9 Å². The van der Waals surface area contributed by atoms with Crippen molar-refractivity contribution in [2.24, 2.45) is 0 Å². The zero-order valence-corrected chi connectivity index (χ0v) is 19.5. The van der Waals surface area contributed by atoms with Crippen molar-refractivity contribution < 1.29 is 14.3 Å². The summed E-state index contributed by atoms with van der Waals surface area (Å²) in [6, 6.07) is 13.4. The molecule has 0 saturated heterocycles. The minimum absolute atomic E-state index is 0.0398. The summed E-state index contributed by atoms with van der Waals surface area (Å²) >= 11 is 1.38. The van der Waals surface area contributed by atoms with E-state index in [0.717, 1.165) is 29.0 Å². The molecule has 2 aromatic carbocycles. The van der Waals surface area contributed by atoms with Gasteiger partial charge in [-0.05, 0) is 41.3 Å². The first-order valence-corrected chi connectivity index (χ1v) is 11.5. The lowest BCUT2D eigenvalue weighted by atomic mass is 9.87. The lowest BCUT2D eigenvalue weighted by Crippen LogP contribution is -2.30. The van der Waals surface area contributed by atoms with Gasteiger partial charge in [0.25, 0.3) is 5.91 Å². The molecule has 2 amide bonds. The highest BCUT2D eigenvalue weighted by Gasteiger charge is 2.23. The quantitative estimate of drug-likeness (QED) is 0.565. The van der Waals surface area contributed by atoms with Gasteiger partial charge in [0.2, 0.25) is 5.91 Å². The number of benzene rings is 2. The van der Waals surface area contributed by atoms with Crippen molar-refractivity contribution in [1.29, 1.82) is 0 Å². The minimum atomic E-state index is -0.184. The molecule has 3 aromatic rings. The van der Waals surface area contributed by atoms with Crippen LogP contribution in [-0.2, 0) is 10.2 Å². The van der Waals surface area contributed by atoms with Crippen molar-refractivity contribution in [3.05, 3.63) is 64.5 Å². The fourth-order valence-electron chi connectivity index (χ4n) is 3.70. The normalized spacial score (nSPS) is 15.4. The van der Waals surface area contributed by atoms with E-state index >= 15 is 0 Å². The molecule has 2 heterocycles. The standard InChI is InChI=1S/C25H27N3O3S/c1-15(29)26-20-11-12-31-22-10-7-17(13-19(20)22)21-14-32-24(27-21)28-23(30)16-5-8-18(9-6-16)25(2,3)4/h5-10,13-14,20H,11-12H2,1-4H3,(H,26,29)(H,27,28,30). The number of aromatic nitrogens is 1. The van der Waals surface area contributed by atoms with Crippen LogP contribution >= 0.6 is 11.3 Å². The van der Waals surface area contributed by atoms with Gasteiger partial charge in [-0.1, -0.05) is 32.9 Å². The second kappa shape index (κ2) is 8.74. The molecule has 2 N–H and O–H groups in total. The third-order valence-corrected chi connectivity index (χ3v) is 6.22. The smallest absolute Gasteiger partial charge is 0.257 e. The number of fused-ring (bicyclic) bond motifs is 1. The van der Waals surface area contributed by atoms with Crippen LogP contribution in [0.4, 0.5) is 5.13 Å². The molecule has 1 unspecified atom stereocenters. The summed E-state index contributed by atoms with van der Waals surface area (Å²) in [5.74, 6) is 0.527. The van der Waals surface area contributed by atoms with Crippen molar-refractivity contribution in [2.75, 3.05) is 11.9 Å². The van der Waals surface area contributed by atoms with E-state index in [9.17, 15) is 9.59 Å². The van der Waals surface area contributed by atoms with Crippen molar-refractivity contribution in [3.8, 4) is 17.0 Å². The fraction of sp³-hybridized carbons (Fsp3) is 0.320. The van der Waals surface area contributed by atoms with Gasteiger partial charge in [0.1, 0.15) is 5.75 Å². The molecule has 1 aliphatic heterocycles. The summed E-state index contributed by atoms with van der Waals surface area (Å²) < 4.78 is 5.74. The summed E-state index contributed by atoms with van der Waals surface area (Å²) in [5, 5.41) is 8.33. The van der Waals surface area contributed by atoms with Crippen molar-refractivity contribution in [2.45, 2.75) is 45.6 Å². The van der Waals surface area contributed by atoms with E-state index in [2.05, 4.69) is 36.4 Å². The molecule has 1 aromatic heterocycles. The molecule has 0 fully saturated rings. The van der Waals surface area contributed by atoms with Crippen LogP contribution in [0.15, 0.2) is 47.8 Å². The first kappa shape index (κ1) is 22.0. The summed E-state index contributed by atoms with van der Waals surface area (Å²) in [6.07, 6.45) is 0.725. The van der Waals surface area contributed by atoms with Crippen LogP contribution in [0.5, 0.6) is 5.75 Å². The maximum Gasteiger partial charge on any atom is 0.257 e. The molecule has 166 valence electrons. The number of ether oxygens (including phenoxy) is 1. The number of carbonyl (C=O) groups is 2. The Hall–Kier alpha value is -3.19. The Morgan fingerprint density at radius 3 is 2.56 bits per heavy atom. The van der Waals surface area contributed by atoms with Gasteiger partial charge in [0.15, 0.2) is 5.13 Å². The third-order valence-electron chi connectivity index (χ3n) is 5.46. The topological polar surface area (TPSA) is 80.3 Å². The minimum Gasteiger partial charge on any atom is -0.493 e. The number of nitrogens with one attached hydrogen (secondary N) is 2. The van der Waals surface area contributed by atoms with Gasteiger partial charge in [0.05, 0.1) is 18.3 Å². The van der Waals surface area contributed by atoms with Crippen LogP contribution < -0.4 is 15.4 Å². The van der Waals surface area contributed by atoms with Gasteiger partial charge >= 0.3 is 0 Å². The van der Waals surface area contributed by atoms with Crippen molar-refractivity contribution >= 4 is 28.3 Å². The summed E-state index contributed by atoms with van der Waals surface area (Å²) in [6.45, 7) is 8.52. The van der Waals surface area contributed by atoms with Gasteiger partial charge in [-0.25, -0.2) is 4.98 Å². The Morgan fingerprint density at radius 2 is 1.88 bits per heavy atom. The predicted molar refractivity (Wildman–Crippen MR) is 127 cm³/mol. The van der Waals surface area contributed by atoms with E-state index in [1.54, 1.807) is 0 Å². The van der Waals surface area contributed by atoms with E-state index in [1.807, 2.05) is 47.8 Å². The highest BCUT2D eigenvalue weighted by molar-refractivity contribution is 7.14. The van der Waals surface area contributed by atoms with E-state index in [4.69, 9.17) is 4.74 Å². The van der Waals surface area contributed by atoms with Crippen molar-refractivity contribution in [1.82, 2.24) is 10.3 Å². The van der Waals surface area contributed by atoms with E-state index in [-0.39, 0.29) is 23.3 Å². The zero-order chi connectivity index (χ0) is 22.9. The summed E-state index contributed by atoms with van der Waals surface area (Å²) in [4.78, 5) is 28.8. The lowest BCUT2D eigenvalue weighted by Gasteiger charge is -2.26. The maximum atomic E-state index is 12.7. The molecule has 1 atom stereocenters. The van der Waals surface area contributed by atoms with Gasteiger partial charge in [0, 0.05) is 35.4 Å². The molecule has 1 aliphatic rings. The lowest BCUT2D eigenvalue weighted by molar-refractivity contribution is -0.119. The third kappa shape index (κ3) is 4.83. The molecular weight excluding hydrogens is 422 g/mol. The Kier molecular flexibility index (Phi) is 6.02. The molecule has 0 bridgehead atoms. The fourth-order valence-corrected chi connectivity index (χ4v) is 4.42. The van der Waals surface area contributed by atoms with Crippen molar-refractivity contribution in [3.63, 3.8) is 0 Å². The first-order chi connectivity index (χ1) is 15.2. The van der Waals surface area contributed by atoms with Crippen LogP contribution in [0.3, 0.4) is 0 Å². The Morgan fingerprint density at radius 1 is 1.12 bits per heavy atom. The Bertz CT molecular complexity index is 1150. The maximum absolute atomic E-state index is 12.7. The second-order valence-electron chi connectivity index (χ2n) is 8.96. The number of anilines is 1. The Balaban J connectivity index is 1.50. The first-order valence-electron chi connectivity index (χ1n) is 10.6. The molecule has 0 spiro atoms. The Labute approximate surface area is 192 Å². The molecule has 4 rings (SSSR count). The largest absolute Gasteiger partial charge is 0.493 e. The van der Waals surface area contributed by atoms with Crippen LogP contribution in [0.1, 0.15) is 61.6 Å². The molecule has 0 aliphatic carbocycles. The summed E-state index contributed by atoms with van der Waals surface area (Å²) in [5.41, 5.74) is 4.44. The van der Waals surface area contributed by atoms with Gasteiger partial charge in [-0.15, -0.1) is 11.3 Å². The highest BCUT2D eigenvalue weighted by Crippen LogP contribution is 2.36. The predicted octanol–water partition coefficient (Wildman–Crippen LogP) is 5.32. The number of rotatable bonds is 4. The van der Waals surface area contributed by atoms with E-state index in [1.165, 1.54) is 23.8 Å². The second-order valence-corrected chi connectivity index (χ2v) is 9.82. The summed E-state index contributed by atoms with van der Waals surface area (Å²) in [7, 11) is 0. The number of hydrogen-bond acceptors (Lipinski definition) is 5. The molecule has 6 nitrogen and oxygen atoms in total. The molecule has 0 saturated carbocycles.